The van der Waals surface area contributed by atoms with Crippen molar-refractivity contribution in [2.45, 2.75) is 38.0 Å². The Balaban J connectivity index is 1.88. The van der Waals surface area contributed by atoms with Crippen LogP contribution in [0.2, 0.25) is 0 Å². The molecule has 1 aliphatic rings. The molecule has 3 rings (SSSR count). The molecule has 21 heavy (non-hydrogen) atoms. The molecule has 1 heterocycles. The molecule has 0 spiro atoms. The standard InChI is InChI=1S/C16H19N3O2/c1-19-15(12-7-9-13(10-8-12)16(20)21)17-14(18-19)11-5-3-2-4-6-11/h7-11H,2-6H2,1H3,(H,20,21). The molecule has 1 aromatic carbocycles. The van der Waals surface area contributed by atoms with Crippen LogP contribution < -0.4 is 0 Å². The summed E-state index contributed by atoms with van der Waals surface area (Å²) in [5.74, 6) is 1.28. The van der Waals surface area contributed by atoms with E-state index in [2.05, 4.69) is 10.1 Å². The van der Waals surface area contributed by atoms with Crippen LogP contribution in [-0.2, 0) is 7.05 Å². The van der Waals surface area contributed by atoms with Crippen molar-refractivity contribution in [1.82, 2.24) is 14.8 Å². The quantitative estimate of drug-likeness (QED) is 0.940. The fourth-order valence-electron chi connectivity index (χ4n) is 2.95. The average molecular weight is 285 g/mol. The Bertz CT molecular complexity index is 640. The normalized spacial score (nSPS) is 16.0. The van der Waals surface area contributed by atoms with Gasteiger partial charge in [0.05, 0.1) is 5.56 Å². The minimum Gasteiger partial charge on any atom is -0.478 e. The molecule has 0 amide bonds. The number of hydrogen-bond acceptors (Lipinski definition) is 3. The van der Waals surface area contributed by atoms with E-state index in [-0.39, 0.29) is 5.56 Å². The van der Waals surface area contributed by atoms with E-state index in [1.165, 1.54) is 32.1 Å². The first kappa shape index (κ1) is 13.8. The van der Waals surface area contributed by atoms with Gasteiger partial charge in [0.2, 0.25) is 0 Å². The zero-order chi connectivity index (χ0) is 14.8. The number of rotatable bonds is 3. The molecule has 0 saturated heterocycles. The number of benzene rings is 1. The minimum atomic E-state index is -0.914. The van der Waals surface area contributed by atoms with Crippen LogP contribution in [0.3, 0.4) is 0 Å². The Hall–Kier alpha value is -2.17. The Morgan fingerprint density at radius 2 is 1.86 bits per heavy atom. The van der Waals surface area contributed by atoms with Gasteiger partial charge in [0.25, 0.3) is 0 Å². The molecule has 0 atom stereocenters. The number of carboxylic acid groups (broad SMARTS) is 1. The molecular weight excluding hydrogens is 266 g/mol. The van der Waals surface area contributed by atoms with Crippen molar-refractivity contribution >= 4 is 5.97 Å². The largest absolute Gasteiger partial charge is 0.478 e. The summed E-state index contributed by atoms with van der Waals surface area (Å²) in [6.07, 6.45) is 6.16. The third kappa shape index (κ3) is 2.82. The van der Waals surface area contributed by atoms with Crippen molar-refractivity contribution in [3.63, 3.8) is 0 Å². The van der Waals surface area contributed by atoms with Crippen LogP contribution in [0.5, 0.6) is 0 Å². The molecule has 5 nitrogen and oxygen atoms in total. The zero-order valence-electron chi connectivity index (χ0n) is 12.1. The molecule has 1 aliphatic carbocycles. The van der Waals surface area contributed by atoms with Gasteiger partial charge in [0.1, 0.15) is 0 Å². The molecule has 1 saturated carbocycles. The smallest absolute Gasteiger partial charge is 0.335 e. The highest BCUT2D eigenvalue weighted by molar-refractivity contribution is 5.88. The number of nitrogens with zero attached hydrogens (tertiary/aromatic N) is 3. The van der Waals surface area contributed by atoms with Crippen LogP contribution in [0.25, 0.3) is 11.4 Å². The lowest BCUT2D eigenvalue weighted by Crippen LogP contribution is -2.06. The van der Waals surface area contributed by atoms with Gasteiger partial charge in [-0.05, 0) is 25.0 Å². The van der Waals surface area contributed by atoms with Crippen LogP contribution in [0.15, 0.2) is 24.3 Å². The summed E-state index contributed by atoms with van der Waals surface area (Å²) in [7, 11) is 1.89. The first-order valence-electron chi connectivity index (χ1n) is 7.40. The second-order valence-electron chi connectivity index (χ2n) is 5.63. The Morgan fingerprint density at radius 1 is 1.19 bits per heavy atom. The van der Waals surface area contributed by atoms with E-state index in [0.29, 0.717) is 5.92 Å². The van der Waals surface area contributed by atoms with Crippen LogP contribution in [0.4, 0.5) is 0 Å². The molecule has 0 aliphatic heterocycles. The van der Waals surface area contributed by atoms with Crippen LogP contribution in [0, 0.1) is 0 Å². The maximum Gasteiger partial charge on any atom is 0.335 e. The molecular formula is C16H19N3O2. The lowest BCUT2D eigenvalue weighted by atomic mass is 9.89. The van der Waals surface area contributed by atoms with Crippen molar-refractivity contribution in [2.24, 2.45) is 7.05 Å². The Kier molecular flexibility index (Phi) is 3.73. The minimum absolute atomic E-state index is 0.286. The van der Waals surface area contributed by atoms with E-state index in [4.69, 9.17) is 5.11 Å². The van der Waals surface area contributed by atoms with E-state index in [1.54, 1.807) is 28.9 Å². The molecule has 5 heteroatoms. The van der Waals surface area contributed by atoms with E-state index >= 15 is 0 Å². The topological polar surface area (TPSA) is 68.0 Å². The fraction of sp³-hybridized carbons (Fsp3) is 0.438. The molecule has 0 radical (unpaired) electrons. The molecule has 110 valence electrons. The molecule has 0 unspecified atom stereocenters. The Labute approximate surface area is 123 Å². The molecule has 2 aromatic rings. The third-order valence-electron chi connectivity index (χ3n) is 4.14. The summed E-state index contributed by atoms with van der Waals surface area (Å²) in [6, 6.07) is 6.79. The molecule has 1 aromatic heterocycles. The highest BCUT2D eigenvalue weighted by atomic mass is 16.4. The van der Waals surface area contributed by atoms with Gasteiger partial charge >= 0.3 is 5.97 Å². The van der Waals surface area contributed by atoms with Crippen molar-refractivity contribution in [3.8, 4) is 11.4 Å². The predicted octanol–water partition coefficient (Wildman–Crippen LogP) is 3.23. The highest BCUT2D eigenvalue weighted by Crippen LogP contribution is 2.31. The molecule has 1 fully saturated rings. The van der Waals surface area contributed by atoms with E-state index < -0.39 is 5.97 Å². The van der Waals surface area contributed by atoms with Gasteiger partial charge in [-0.15, -0.1) is 0 Å². The average Bonchev–Trinajstić information content (AvgIpc) is 2.90. The number of hydrogen-bond donors (Lipinski definition) is 1. The van der Waals surface area contributed by atoms with Crippen molar-refractivity contribution < 1.29 is 9.90 Å². The summed E-state index contributed by atoms with van der Waals surface area (Å²) in [4.78, 5) is 15.6. The SMILES string of the molecule is Cn1nc(C2CCCCC2)nc1-c1ccc(C(=O)O)cc1. The second-order valence-corrected chi connectivity index (χ2v) is 5.63. The summed E-state index contributed by atoms with van der Waals surface area (Å²) >= 11 is 0. The first-order chi connectivity index (χ1) is 10.1. The van der Waals surface area contributed by atoms with Gasteiger partial charge in [-0.2, -0.15) is 5.10 Å². The van der Waals surface area contributed by atoms with Crippen molar-refractivity contribution in [2.75, 3.05) is 0 Å². The van der Waals surface area contributed by atoms with Gasteiger partial charge in [-0.1, -0.05) is 31.4 Å². The van der Waals surface area contributed by atoms with Gasteiger partial charge in [0, 0.05) is 18.5 Å². The summed E-state index contributed by atoms with van der Waals surface area (Å²) < 4.78 is 1.79. The van der Waals surface area contributed by atoms with Crippen molar-refractivity contribution in [3.05, 3.63) is 35.7 Å². The number of aromatic carboxylic acids is 1. The highest BCUT2D eigenvalue weighted by Gasteiger charge is 2.21. The molecule has 0 bridgehead atoms. The summed E-state index contributed by atoms with van der Waals surface area (Å²) in [5.41, 5.74) is 1.19. The summed E-state index contributed by atoms with van der Waals surface area (Å²) in [6.45, 7) is 0. The zero-order valence-corrected chi connectivity index (χ0v) is 12.1. The second kappa shape index (κ2) is 5.68. The van der Waals surface area contributed by atoms with Gasteiger partial charge < -0.3 is 5.11 Å². The van der Waals surface area contributed by atoms with Crippen LogP contribution in [0.1, 0.15) is 54.2 Å². The van der Waals surface area contributed by atoms with Crippen molar-refractivity contribution in [1.29, 1.82) is 0 Å². The van der Waals surface area contributed by atoms with Gasteiger partial charge in [0.15, 0.2) is 11.6 Å². The lowest BCUT2D eigenvalue weighted by Gasteiger charge is -2.18. The monoisotopic (exact) mass is 285 g/mol. The third-order valence-corrected chi connectivity index (χ3v) is 4.14. The fourth-order valence-corrected chi connectivity index (χ4v) is 2.95. The van der Waals surface area contributed by atoms with Crippen LogP contribution in [-0.4, -0.2) is 25.8 Å². The number of carboxylic acids is 1. The van der Waals surface area contributed by atoms with E-state index in [9.17, 15) is 4.79 Å². The predicted molar refractivity (Wildman–Crippen MR) is 79.2 cm³/mol. The summed E-state index contributed by atoms with van der Waals surface area (Å²) in [5, 5.41) is 13.5. The number of aromatic nitrogens is 3. The maximum absolute atomic E-state index is 10.9. The number of carbonyl (C=O) groups is 1. The van der Waals surface area contributed by atoms with Gasteiger partial charge in [-0.25, -0.2) is 14.5 Å². The van der Waals surface area contributed by atoms with Gasteiger partial charge in [-0.3, -0.25) is 0 Å². The Morgan fingerprint density at radius 3 is 2.48 bits per heavy atom. The van der Waals surface area contributed by atoms with E-state index in [1.807, 2.05) is 7.05 Å². The number of aryl methyl sites for hydroxylation is 1. The van der Waals surface area contributed by atoms with E-state index in [0.717, 1.165) is 17.2 Å². The molecule has 1 N–H and O–H groups in total. The van der Waals surface area contributed by atoms with Crippen LogP contribution >= 0.6 is 0 Å². The maximum atomic E-state index is 10.9. The lowest BCUT2D eigenvalue weighted by molar-refractivity contribution is 0.0697. The first-order valence-corrected chi connectivity index (χ1v) is 7.40.